The van der Waals surface area contributed by atoms with Crippen molar-refractivity contribution in [2.24, 2.45) is 5.92 Å². The summed E-state index contributed by atoms with van der Waals surface area (Å²) in [6.45, 7) is 4.82. The summed E-state index contributed by atoms with van der Waals surface area (Å²) in [7, 11) is 1.98. The monoisotopic (exact) mass is 415 g/mol. The third-order valence-electron chi connectivity index (χ3n) is 4.51. The van der Waals surface area contributed by atoms with E-state index in [9.17, 15) is 4.79 Å². The van der Waals surface area contributed by atoms with E-state index in [2.05, 4.69) is 35.4 Å². The molecule has 1 N–H and O–H groups in total. The van der Waals surface area contributed by atoms with Crippen molar-refractivity contribution in [3.8, 4) is 10.6 Å². The molecule has 26 heavy (non-hydrogen) atoms. The molecule has 2 aromatic rings. The molecular weight excluding hydrogens is 389 g/mol. The van der Waals surface area contributed by atoms with Crippen molar-refractivity contribution in [3.05, 3.63) is 40.9 Å². The molecule has 7 heteroatoms. The van der Waals surface area contributed by atoms with E-state index in [-0.39, 0.29) is 30.7 Å². The Morgan fingerprint density at radius 1 is 1.38 bits per heavy atom. The predicted octanol–water partition coefficient (Wildman–Crippen LogP) is 3.96. The van der Waals surface area contributed by atoms with Gasteiger partial charge in [-0.2, -0.15) is 0 Å². The highest BCUT2D eigenvalue weighted by molar-refractivity contribution is 7.13. The lowest BCUT2D eigenvalue weighted by Gasteiger charge is -2.32. The van der Waals surface area contributed by atoms with Gasteiger partial charge in [0.25, 0.3) is 0 Å². The number of amides is 1. The molecule has 1 aliphatic rings. The van der Waals surface area contributed by atoms with Crippen LogP contribution in [0.4, 0.5) is 0 Å². The van der Waals surface area contributed by atoms with Crippen LogP contribution in [0.2, 0.25) is 0 Å². The first-order valence-electron chi connectivity index (χ1n) is 8.59. The summed E-state index contributed by atoms with van der Waals surface area (Å²) in [6, 6.07) is 8.34. The van der Waals surface area contributed by atoms with Gasteiger partial charge in [0.15, 0.2) is 0 Å². The Bertz CT molecular complexity index is 706. The van der Waals surface area contributed by atoms with E-state index in [1.807, 2.05) is 23.4 Å². The van der Waals surface area contributed by atoms with Gasteiger partial charge in [-0.1, -0.05) is 23.8 Å². The number of nitrogens with zero attached hydrogens (tertiary/aromatic N) is 2. The quantitative estimate of drug-likeness (QED) is 0.803. The molecule has 0 aliphatic carbocycles. The minimum Gasteiger partial charge on any atom is -0.342 e. The van der Waals surface area contributed by atoms with Crippen LogP contribution in [0, 0.1) is 12.8 Å². The number of carbonyl (C=O) groups excluding carboxylic acids is 1. The molecule has 1 aromatic heterocycles. The summed E-state index contributed by atoms with van der Waals surface area (Å²) in [5, 5.41) is 6.24. The third kappa shape index (κ3) is 5.95. The summed E-state index contributed by atoms with van der Waals surface area (Å²) in [5.41, 5.74) is 3.24. The van der Waals surface area contributed by atoms with Crippen molar-refractivity contribution >= 4 is 42.1 Å². The highest BCUT2D eigenvalue weighted by Gasteiger charge is 2.23. The number of nitrogens with one attached hydrogen (secondary N) is 1. The van der Waals surface area contributed by atoms with Gasteiger partial charge in [0.1, 0.15) is 5.01 Å². The number of aryl methyl sites for hydroxylation is 1. The Kier molecular flexibility index (Phi) is 9.58. The van der Waals surface area contributed by atoms with Crippen molar-refractivity contribution in [1.82, 2.24) is 15.2 Å². The zero-order valence-electron chi connectivity index (χ0n) is 15.2. The molecule has 0 bridgehead atoms. The maximum atomic E-state index is 12.6. The average Bonchev–Trinajstić information content (AvgIpc) is 3.04. The first-order valence-corrected chi connectivity index (χ1v) is 9.47. The van der Waals surface area contributed by atoms with Crippen molar-refractivity contribution < 1.29 is 4.79 Å². The first-order chi connectivity index (χ1) is 11.7. The number of aromatic nitrogens is 1. The standard InChI is InChI=1S/C19H25N3OS.2ClH/c1-14-5-3-7-16(9-14)19-21-17(13-24-19)10-18(23)22-8-4-6-15(12-22)11-20-2;;/h3,5,7,9,13,15,20H,4,6,8,10-12H2,1-2H3;2*1H. The van der Waals surface area contributed by atoms with Gasteiger partial charge in [0.05, 0.1) is 12.1 Å². The van der Waals surface area contributed by atoms with Crippen LogP contribution in [0.25, 0.3) is 10.6 Å². The Labute approximate surface area is 172 Å². The Morgan fingerprint density at radius 3 is 2.92 bits per heavy atom. The van der Waals surface area contributed by atoms with Gasteiger partial charge in [-0.05, 0) is 45.3 Å². The second-order valence-corrected chi connectivity index (χ2v) is 7.45. The van der Waals surface area contributed by atoms with Crippen molar-refractivity contribution in [2.75, 3.05) is 26.7 Å². The summed E-state index contributed by atoms with van der Waals surface area (Å²) < 4.78 is 0. The summed E-state index contributed by atoms with van der Waals surface area (Å²) in [5.74, 6) is 0.780. The maximum Gasteiger partial charge on any atom is 0.228 e. The van der Waals surface area contributed by atoms with Crippen LogP contribution in [-0.4, -0.2) is 42.5 Å². The van der Waals surface area contributed by atoms with Crippen LogP contribution in [0.1, 0.15) is 24.1 Å². The molecule has 2 heterocycles. The number of carbonyl (C=O) groups is 1. The van der Waals surface area contributed by atoms with E-state index >= 15 is 0 Å². The van der Waals surface area contributed by atoms with E-state index in [0.717, 1.165) is 42.3 Å². The van der Waals surface area contributed by atoms with Gasteiger partial charge in [-0.3, -0.25) is 4.79 Å². The van der Waals surface area contributed by atoms with Crippen molar-refractivity contribution in [1.29, 1.82) is 0 Å². The first kappa shape index (κ1) is 22.9. The number of thiazole rings is 1. The Balaban J connectivity index is 0.00000169. The van der Waals surface area contributed by atoms with Gasteiger partial charge in [-0.25, -0.2) is 4.98 Å². The molecule has 1 amide bonds. The maximum absolute atomic E-state index is 12.6. The minimum atomic E-state index is 0. The minimum absolute atomic E-state index is 0. The van der Waals surface area contributed by atoms with Gasteiger partial charge in [0, 0.05) is 24.0 Å². The van der Waals surface area contributed by atoms with E-state index in [1.54, 1.807) is 11.3 Å². The van der Waals surface area contributed by atoms with Crippen LogP contribution in [-0.2, 0) is 11.2 Å². The number of benzene rings is 1. The SMILES string of the molecule is CNCC1CCCN(C(=O)Cc2csc(-c3cccc(C)c3)n2)C1.Cl.Cl. The van der Waals surface area contributed by atoms with E-state index in [0.29, 0.717) is 12.3 Å². The lowest BCUT2D eigenvalue weighted by atomic mass is 9.97. The molecule has 1 unspecified atom stereocenters. The lowest BCUT2D eigenvalue weighted by Crippen LogP contribution is -2.43. The number of likely N-dealkylation sites (tertiary alicyclic amines) is 1. The zero-order valence-corrected chi connectivity index (χ0v) is 17.7. The number of piperidine rings is 1. The second kappa shape index (κ2) is 10.9. The Hall–Kier alpha value is -1.14. The smallest absolute Gasteiger partial charge is 0.228 e. The topological polar surface area (TPSA) is 45.2 Å². The number of hydrogen-bond acceptors (Lipinski definition) is 4. The molecule has 1 atom stereocenters. The molecule has 0 radical (unpaired) electrons. The molecule has 4 nitrogen and oxygen atoms in total. The fourth-order valence-corrected chi connectivity index (χ4v) is 4.13. The lowest BCUT2D eigenvalue weighted by molar-refractivity contribution is -0.132. The number of rotatable bonds is 5. The molecular formula is C19H27Cl2N3OS. The third-order valence-corrected chi connectivity index (χ3v) is 5.45. The molecule has 144 valence electrons. The fraction of sp³-hybridized carbons (Fsp3) is 0.474. The normalized spacial score (nSPS) is 16.5. The average molecular weight is 416 g/mol. The largest absolute Gasteiger partial charge is 0.342 e. The predicted molar refractivity (Wildman–Crippen MR) is 114 cm³/mol. The van der Waals surface area contributed by atoms with Crippen LogP contribution < -0.4 is 5.32 Å². The van der Waals surface area contributed by atoms with Crippen molar-refractivity contribution in [2.45, 2.75) is 26.2 Å². The number of hydrogen-bond donors (Lipinski definition) is 1. The van der Waals surface area contributed by atoms with Gasteiger partial charge >= 0.3 is 0 Å². The van der Waals surface area contributed by atoms with Crippen molar-refractivity contribution in [3.63, 3.8) is 0 Å². The fourth-order valence-electron chi connectivity index (χ4n) is 3.31. The number of halogens is 2. The highest BCUT2D eigenvalue weighted by atomic mass is 35.5. The van der Waals surface area contributed by atoms with Crippen LogP contribution in [0.5, 0.6) is 0 Å². The molecule has 1 aromatic carbocycles. The molecule has 1 aliphatic heterocycles. The van der Waals surface area contributed by atoms with E-state index < -0.39 is 0 Å². The van der Waals surface area contributed by atoms with Crippen LogP contribution in [0.3, 0.4) is 0 Å². The van der Waals surface area contributed by atoms with E-state index in [1.165, 1.54) is 12.0 Å². The molecule has 1 saturated heterocycles. The molecule has 0 saturated carbocycles. The Morgan fingerprint density at radius 2 is 2.19 bits per heavy atom. The van der Waals surface area contributed by atoms with E-state index in [4.69, 9.17) is 0 Å². The van der Waals surface area contributed by atoms with Gasteiger partial charge in [-0.15, -0.1) is 36.2 Å². The van der Waals surface area contributed by atoms with Crippen LogP contribution >= 0.6 is 36.2 Å². The summed E-state index contributed by atoms with van der Waals surface area (Å²) in [4.78, 5) is 19.3. The summed E-state index contributed by atoms with van der Waals surface area (Å²) >= 11 is 1.62. The molecule has 1 fully saturated rings. The van der Waals surface area contributed by atoms with Crippen LogP contribution in [0.15, 0.2) is 29.6 Å². The zero-order chi connectivity index (χ0) is 16.9. The summed E-state index contributed by atoms with van der Waals surface area (Å²) in [6.07, 6.45) is 2.72. The van der Waals surface area contributed by atoms with Gasteiger partial charge < -0.3 is 10.2 Å². The highest BCUT2D eigenvalue weighted by Crippen LogP contribution is 2.25. The second-order valence-electron chi connectivity index (χ2n) is 6.60. The molecule has 3 rings (SSSR count). The van der Waals surface area contributed by atoms with Gasteiger partial charge in [0.2, 0.25) is 5.91 Å². The molecule has 0 spiro atoms.